The number of rotatable bonds is 5. The molecule has 0 saturated carbocycles. The third-order valence-corrected chi connectivity index (χ3v) is 2.79. The van der Waals surface area contributed by atoms with Crippen LogP contribution in [0.15, 0.2) is 24.5 Å². The molecule has 0 aromatic carbocycles. The summed E-state index contributed by atoms with van der Waals surface area (Å²) in [5.41, 5.74) is 2.39. The first-order chi connectivity index (χ1) is 9.19. The van der Waals surface area contributed by atoms with Crippen LogP contribution in [0.2, 0.25) is 0 Å². The maximum atomic E-state index is 4.38. The number of anilines is 2. The Kier molecular flexibility index (Phi) is 4.28. The monoisotopic (exact) mass is 257 g/mol. The number of hydrogen-bond donors (Lipinski definition) is 2. The van der Waals surface area contributed by atoms with E-state index in [2.05, 4.69) is 32.5 Å². The topological polar surface area (TPSA) is 62.7 Å². The zero-order chi connectivity index (χ0) is 13.7. The predicted octanol–water partition coefficient (Wildman–Crippen LogP) is 2.53. The third kappa shape index (κ3) is 3.64. The summed E-state index contributed by atoms with van der Waals surface area (Å²) >= 11 is 0. The molecule has 5 heteroatoms. The van der Waals surface area contributed by atoms with Gasteiger partial charge in [0.1, 0.15) is 17.5 Å². The van der Waals surface area contributed by atoms with Crippen LogP contribution in [0.3, 0.4) is 0 Å². The van der Waals surface area contributed by atoms with Crippen LogP contribution in [0.5, 0.6) is 0 Å². The van der Waals surface area contributed by atoms with E-state index in [0.29, 0.717) is 0 Å². The lowest BCUT2D eigenvalue weighted by Crippen LogP contribution is -2.07. The molecule has 0 spiro atoms. The number of nitrogens with zero attached hydrogens (tertiary/aromatic N) is 3. The molecule has 0 atom stereocenters. The summed E-state index contributed by atoms with van der Waals surface area (Å²) in [5, 5.41) is 6.52. The number of aryl methyl sites for hydroxylation is 2. The minimum absolute atomic E-state index is 0.733. The third-order valence-electron chi connectivity index (χ3n) is 2.79. The number of hydrogen-bond acceptors (Lipinski definition) is 5. The molecule has 0 fully saturated rings. The average molecular weight is 257 g/mol. The number of pyridine rings is 1. The fourth-order valence-corrected chi connectivity index (χ4v) is 1.82. The highest BCUT2D eigenvalue weighted by Gasteiger charge is 2.02. The molecule has 0 radical (unpaired) electrons. The highest BCUT2D eigenvalue weighted by Crippen LogP contribution is 2.13. The summed E-state index contributed by atoms with van der Waals surface area (Å²) in [6.45, 7) is 7.57. The first kappa shape index (κ1) is 13.3. The minimum atomic E-state index is 0.733. The van der Waals surface area contributed by atoms with Gasteiger partial charge in [-0.1, -0.05) is 0 Å². The van der Waals surface area contributed by atoms with E-state index in [-0.39, 0.29) is 0 Å². The van der Waals surface area contributed by atoms with Gasteiger partial charge in [-0.05, 0) is 38.0 Å². The SMILES string of the molecule is CCNc1cc(NCc2ccncc2C)nc(C)n1. The maximum absolute atomic E-state index is 4.38. The number of aromatic nitrogens is 3. The van der Waals surface area contributed by atoms with E-state index in [4.69, 9.17) is 0 Å². The van der Waals surface area contributed by atoms with Crippen LogP contribution < -0.4 is 10.6 Å². The van der Waals surface area contributed by atoms with E-state index in [1.807, 2.05) is 32.2 Å². The fraction of sp³-hybridized carbons (Fsp3) is 0.357. The van der Waals surface area contributed by atoms with Crippen LogP contribution in [0, 0.1) is 13.8 Å². The molecular formula is C14H19N5. The lowest BCUT2D eigenvalue weighted by molar-refractivity contribution is 1.00. The Bertz CT molecular complexity index is 553. The van der Waals surface area contributed by atoms with Crippen LogP contribution >= 0.6 is 0 Å². The Hall–Kier alpha value is -2.17. The van der Waals surface area contributed by atoms with E-state index >= 15 is 0 Å². The van der Waals surface area contributed by atoms with E-state index in [0.717, 1.165) is 30.5 Å². The standard InChI is InChI=1S/C14H19N5/c1-4-16-13-7-14(19-11(3)18-13)17-9-12-5-6-15-8-10(12)2/h5-8H,4,9H2,1-3H3,(H2,16,17,18,19). The van der Waals surface area contributed by atoms with Crippen molar-refractivity contribution in [2.45, 2.75) is 27.3 Å². The summed E-state index contributed by atoms with van der Waals surface area (Å²) in [4.78, 5) is 12.8. The quantitative estimate of drug-likeness (QED) is 0.861. The molecule has 0 saturated heterocycles. The Labute approximate surface area is 113 Å². The highest BCUT2D eigenvalue weighted by molar-refractivity contribution is 5.47. The van der Waals surface area contributed by atoms with Crippen LogP contribution in [0.4, 0.5) is 11.6 Å². The second-order valence-electron chi connectivity index (χ2n) is 4.37. The molecule has 0 aliphatic heterocycles. The molecule has 2 aromatic heterocycles. The molecule has 100 valence electrons. The second kappa shape index (κ2) is 6.13. The van der Waals surface area contributed by atoms with Gasteiger partial charge in [0.2, 0.25) is 0 Å². The van der Waals surface area contributed by atoms with Crippen LogP contribution in [-0.2, 0) is 6.54 Å². The van der Waals surface area contributed by atoms with Crippen LogP contribution in [-0.4, -0.2) is 21.5 Å². The van der Waals surface area contributed by atoms with Gasteiger partial charge in [-0.15, -0.1) is 0 Å². The lowest BCUT2D eigenvalue weighted by Gasteiger charge is -2.10. The Morgan fingerprint density at radius 3 is 2.53 bits per heavy atom. The summed E-state index contributed by atoms with van der Waals surface area (Å²) in [6, 6.07) is 3.94. The Morgan fingerprint density at radius 2 is 1.84 bits per heavy atom. The summed E-state index contributed by atoms with van der Waals surface area (Å²) in [5.74, 6) is 2.44. The van der Waals surface area contributed by atoms with Crippen LogP contribution in [0.1, 0.15) is 23.9 Å². The van der Waals surface area contributed by atoms with Gasteiger partial charge in [0.15, 0.2) is 0 Å². The maximum Gasteiger partial charge on any atom is 0.132 e. The molecule has 2 rings (SSSR count). The Morgan fingerprint density at radius 1 is 1.11 bits per heavy atom. The average Bonchev–Trinajstić information content (AvgIpc) is 2.37. The molecule has 2 N–H and O–H groups in total. The van der Waals surface area contributed by atoms with Crippen molar-refractivity contribution in [2.75, 3.05) is 17.2 Å². The van der Waals surface area contributed by atoms with Crippen molar-refractivity contribution in [3.8, 4) is 0 Å². The lowest BCUT2D eigenvalue weighted by atomic mass is 10.1. The molecule has 19 heavy (non-hydrogen) atoms. The van der Waals surface area contributed by atoms with Crippen LogP contribution in [0.25, 0.3) is 0 Å². The van der Waals surface area contributed by atoms with Crippen molar-refractivity contribution >= 4 is 11.6 Å². The minimum Gasteiger partial charge on any atom is -0.370 e. The smallest absolute Gasteiger partial charge is 0.132 e. The zero-order valence-electron chi connectivity index (χ0n) is 11.6. The molecule has 5 nitrogen and oxygen atoms in total. The second-order valence-corrected chi connectivity index (χ2v) is 4.37. The molecular weight excluding hydrogens is 238 g/mol. The largest absolute Gasteiger partial charge is 0.370 e. The van der Waals surface area contributed by atoms with Gasteiger partial charge >= 0.3 is 0 Å². The zero-order valence-corrected chi connectivity index (χ0v) is 11.6. The summed E-state index contributed by atoms with van der Waals surface area (Å²) < 4.78 is 0. The van der Waals surface area contributed by atoms with Gasteiger partial charge < -0.3 is 10.6 Å². The van der Waals surface area contributed by atoms with Gasteiger partial charge in [-0.2, -0.15) is 0 Å². The van der Waals surface area contributed by atoms with Gasteiger partial charge in [0.05, 0.1) is 0 Å². The van der Waals surface area contributed by atoms with Crippen molar-refractivity contribution in [2.24, 2.45) is 0 Å². The summed E-state index contributed by atoms with van der Waals surface area (Å²) in [7, 11) is 0. The molecule has 0 unspecified atom stereocenters. The van der Waals surface area contributed by atoms with Gasteiger partial charge in [0.25, 0.3) is 0 Å². The van der Waals surface area contributed by atoms with E-state index < -0.39 is 0 Å². The van der Waals surface area contributed by atoms with E-state index in [1.165, 1.54) is 11.1 Å². The fourth-order valence-electron chi connectivity index (χ4n) is 1.82. The molecule has 0 bridgehead atoms. The van der Waals surface area contributed by atoms with Crippen molar-refractivity contribution in [3.63, 3.8) is 0 Å². The first-order valence-corrected chi connectivity index (χ1v) is 6.42. The molecule has 2 aromatic rings. The van der Waals surface area contributed by atoms with Crippen molar-refractivity contribution in [1.29, 1.82) is 0 Å². The Balaban J connectivity index is 2.09. The summed E-state index contributed by atoms with van der Waals surface area (Å²) in [6.07, 6.45) is 3.67. The molecule has 2 heterocycles. The number of nitrogens with one attached hydrogen (secondary N) is 2. The highest BCUT2D eigenvalue weighted by atomic mass is 15.1. The first-order valence-electron chi connectivity index (χ1n) is 6.42. The van der Waals surface area contributed by atoms with Crippen molar-refractivity contribution < 1.29 is 0 Å². The normalized spacial score (nSPS) is 10.3. The molecule has 0 amide bonds. The predicted molar refractivity (Wildman–Crippen MR) is 77.2 cm³/mol. The van der Waals surface area contributed by atoms with Gasteiger partial charge in [-0.3, -0.25) is 4.98 Å². The van der Waals surface area contributed by atoms with Crippen molar-refractivity contribution in [1.82, 2.24) is 15.0 Å². The van der Waals surface area contributed by atoms with E-state index in [1.54, 1.807) is 6.20 Å². The molecule has 0 aliphatic rings. The molecule has 0 aliphatic carbocycles. The van der Waals surface area contributed by atoms with Gasteiger partial charge in [0, 0.05) is 31.5 Å². The van der Waals surface area contributed by atoms with Crippen molar-refractivity contribution in [3.05, 3.63) is 41.5 Å². The van der Waals surface area contributed by atoms with Gasteiger partial charge in [-0.25, -0.2) is 9.97 Å². The van der Waals surface area contributed by atoms with E-state index in [9.17, 15) is 0 Å².